The van der Waals surface area contributed by atoms with E-state index in [9.17, 15) is 4.79 Å². The SMILES string of the molecule is O=C(NC1CCCCC1)c1ccc2c(Br)cccc2c1. The maximum absolute atomic E-state index is 12.3. The Balaban J connectivity index is 1.80. The Morgan fingerprint density at radius 1 is 1.10 bits per heavy atom. The molecule has 3 rings (SSSR count). The van der Waals surface area contributed by atoms with Crippen molar-refractivity contribution in [2.24, 2.45) is 0 Å². The van der Waals surface area contributed by atoms with E-state index in [0.717, 1.165) is 33.7 Å². The monoisotopic (exact) mass is 331 g/mol. The van der Waals surface area contributed by atoms with Crippen molar-refractivity contribution in [1.29, 1.82) is 0 Å². The number of nitrogens with one attached hydrogen (secondary N) is 1. The van der Waals surface area contributed by atoms with Gasteiger partial charge in [0.25, 0.3) is 5.91 Å². The van der Waals surface area contributed by atoms with Gasteiger partial charge in [0, 0.05) is 16.1 Å². The van der Waals surface area contributed by atoms with Gasteiger partial charge in [0.1, 0.15) is 0 Å². The first kappa shape index (κ1) is 13.6. The lowest BCUT2D eigenvalue weighted by Crippen LogP contribution is -2.36. The second kappa shape index (κ2) is 5.96. The van der Waals surface area contributed by atoms with Gasteiger partial charge in [-0.25, -0.2) is 0 Å². The Morgan fingerprint density at radius 3 is 2.70 bits per heavy atom. The van der Waals surface area contributed by atoms with Crippen LogP contribution in [0.15, 0.2) is 40.9 Å². The number of hydrogen-bond donors (Lipinski definition) is 1. The predicted octanol–water partition coefficient (Wildman–Crippen LogP) is 4.66. The number of fused-ring (bicyclic) bond motifs is 1. The zero-order chi connectivity index (χ0) is 13.9. The van der Waals surface area contributed by atoms with Crippen LogP contribution in [0.3, 0.4) is 0 Å². The van der Waals surface area contributed by atoms with Crippen molar-refractivity contribution in [3.8, 4) is 0 Å². The molecule has 0 aliphatic heterocycles. The Morgan fingerprint density at radius 2 is 1.90 bits per heavy atom. The van der Waals surface area contributed by atoms with E-state index in [4.69, 9.17) is 0 Å². The molecule has 0 radical (unpaired) electrons. The van der Waals surface area contributed by atoms with E-state index < -0.39 is 0 Å². The van der Waals surface area contributed by atoms with Gasteiger partial charge in [-0.3, -0.25) is 4.79 Å². The van der Waals surface area contributed by atoms with Gasteiger partial charge in [0.2, 0.25) is 0 Å². The predicted molar refractivity (Wildman–Crippen MR) is 86.0 cm³/mol. The van der Waals surface area contributed by atoms with Gasteiger partial charge in [-0.2, -0.15) is 0 Å². The largest absolute Gasteiger partial charge is 0.349 e. The van der Waals surface area contributed by atoms with Crippen LogP contribution >= 0.6 is 15.9 Å². The normalized spacial score (nSPS) is 16.2. The fourth-order valence-corrected chi connectivity index (χ4v) is 3.41. The molecule has 20 heavy (non-hydrogen) atoms. The average molecular weight is 332 g/mol. The maximum atomic E-state index is 12.3. The highest BCUT2D eigenvalue weighted by molar-refractivity contribution is 9.10. The van der Waals surface area contributed by atoms with Gasteiger partial charge in [0.15, 0.2) is 0 Å². The molecule has 0 bridgehead atoms. The number of benzene rings is 2. The van der Waals surface area contributed by atoms with Gasteiger partial charge < -0.3 is 5.32 Å². The molecule has 1 saturated carbocycles. The fraction of sp³-hybridized carbons (Fsp3) is 0.353. The van der Waals surface area contributed by atoms with Crippen LogP contribution in [0.2, 0.25) is 0 Å². The molecule has 1 N–H and O–H groups in total. The molecule has 0 unspecified atom stereocenters. The number of hydrogen-bond acceptors (Lipinski definition) is 1. The van der Waals surface area contributed by atoms with Gasteiger partial charge >= 0.3 is 0 Å². The highest BCUT2D eigenvalue weighted by Crippen LogP contribution is 2.25. The summed E-state index contributed by atoms with van der Waals surface area (Å²) in [7, 11) is 0. The summed E-state index contributed by atoms with van der Waals surface area (Å²) in [6.45, 7) is 0. The molecule has 0 heterocycles. The van der Waals surface area contributed by atoms with E-state index in [1.54, 1.807) is 0 Å². The lowest BCUT2D eigenvalue weighted by molar-refractivity contribution is 0.0928. The molecular formula is C17H18BrNO. The molecule has 2 aromatic carbocycles. The highest BCUT2D eigenvalue weighted by Gasteiger charge is 2.16. The molecular weight excluding hydrogens is 314 g/mol. The zero-order valence-corrected chi connectivity index (χ0v) is 12.9. The van der Waals surface area contributed by atoms with Crippen LogP contribution in [-0.2, 0) is 0 Å². The van der Waals surface area contributed by atoms with E-state index in [2.05, 4.69) is 21.2 Å². The summed E-state index contributed by atoms with van der Waals surface area (Å²) in [5.41, 5.74) is 0.751. The number of rotatable bonds is 2. The molecule has 2 nitrogen and oxygen atoms in total. The molecule has 3 heteroatoms. The molecule has 1 aliphatic carbocycles. The van der Waals surface area contributed by atoms with Crippen LogP contribution in [0.4, 0.5) is 0 Å². The maximum Gasteiger partial charge on any atom is 0.251 e. The molecule has 0 aromatic heterocycles. The van der Waals surface area contributed by atoms with Crippen molar-refractivity contribution < 1.29 is 4.79 Å². The fourth-order valence-electron chi connectivity index (χ4n) is 2.90. The van der Waals surface area contributed by atoms with E-state index in [1.165, 1.54) is 19.3 Å². The smallest absolute Gasteiger partial charge is 0.251 e. The number of halogens is 1. The molecule has 1 amide bonds. The molecule has 0 atom stereocenters. The summed E-state index contributed by atoms with van der Waals surface area (Å²) in [6, 6.07) is 12.3. The Bertz CT molecular complexity index is 632. The number of carbonyl (C=O) groups excluding carboxylic acids is 1. The van der Waals surface area contributed by atoms with Gasteiger partial charge in [0.05, 0.1) is 0 Å². The quantitative estimate of drug-likeness (QED) is 0.851. The van der Waals surface area contributed by atoms with Crippen molar-refractivity contribution in [1.82, 2.24) is 5.32 Å². The van der Waals surface area contributed by atoms with Crippen LogP contribution in [0.5, 0.6) is 0 Å². The molecule has 1 aliphatic rings. The summed E-state index contributed by atoms with van der Waals surface area (Å²) >= 11 is 3.54. The van der Waals surface area contributed by atoms with Crippen molar-refractivity contribution >= 4 is 32.6 Å². The zero-order valence-electron chi connectivity index (χ0n) is 11.4. The minimum atomic E-state index is 0.0544. The third kappa shape index (κ3) is 2.88. The standard InChI is InChI=1S/C17H18BrNO/c18-16-8-4-5-12-11-13(9-10-15(12)16)17(20)19-14-6-2-1-3-7-14/h4-5,8-11,14H,1-3,6-7H2,(H,19,20). The van der Waals surface area contributed by atoms with Crippen LogP contribution < -0.4 is 5.32 Å². The third-order valence-electron chi connectivity index (χ3n) is 4.03. The average Bonchev–Trinajstić information content (AvgIpc) is 2.48. The van der Waals surface area contributed by atoms with E-state index in [-0.39, 0.29) is 5.91 Å². The van der Waals surface area contributed by atoms with Crippen molar-refractivity contribution in [2.45, 2.75) is 38.1 Å². The van der Waals surface area contributed by atoms with Gasteiger partial charge in [-0.15, -0.1) is 0 Å². The Kier molecular flexibility index (Phi) is 4.06. The molecule has 104 valence electrons. The minimum Gasteiger partial charge on any atom is -0.349 e. The van der Waals surface area contributed by atoms with Gasteiger partial charge in [-0.1, -0.05) is 53.4 Å². The summed E-state index contributed by atoms with van der Waals surface area (Å²) in [5, 5.41) is 5.40. The lowest BCUT2D eigenvalue weighted by Gasteiger charge is -2.22. The molecule has 1 fully saturated rings. The first-order chi connectivity index (χ1) is 9.74. The highest BCUT2D eigenvalue weighted by atomic mass is 79.9. The van der Waals surface area contributed by atoms with Gasteiger partial charge in [-0.05, 0) is 41.8 Å². The number of amides is 1. The lowest BCUT2D eigenvalue weighted by atomic mass is 9.95. The summed E-state index contributed by atoms with van der Waals surface area (Å²) in [4.78, 5) is 12.3. The Labute approximate surface area is 127 Å². The van der Waals surface area contributed by atoms with E-state index in [1.807, 2.05) is 36.4 Å². The van der Waals surface area contributed by atoms with Crippen molar-refractivity contribution in [3.05, 3.63) is 46.4 Å². The Hall–Kier alpha value is -1.35. The molecule has 0 spiro atoms. The summed E-state index contributed by atoms with van der Waals surface area (Å²) in [5.74, 6) is 0.0544. The van der Waals surface area contributed by atoms with Crippen molar-refractivity contribution in [2.75, 3.05) is 0 Å². The first-order valence-electron chi connectivity index (χ1n) is 7.23. The first-order valence-corrected chi connectivity index (χ1v) is 8.02. The summed E-state index contributed by atoms with van der Waals surface area (Å²) in [6.07, 6.45) is 6.00. The molecule has 0 saturated heterocycles. The van der Waals surface area contributed by atoms with E-state index >= 15 is 0 Å². The van der Waals surface area contributed by atoms with Crippen LogP contribution in [0.25, 0.3) is 10.8 Å². The van der Waals surface area contributed by atoms with Crippen LogP contribution in [-0.4, -0.2) is 11.9 Å². The summed E-state index contributed by atoms with van der Waals surface area (Å²) < 4.78 is 1.06. The second-order valence-corrected chi connectivity index (χ2v) is 6.34. The van der Waals surface area contributed by atoms with Crippen LogP contribution in [0, 0.1) is 0 Å². The third-order valence-corrected chi connectivity index (χ3v) is 4.72. The van der Waals surface area contributed by atoms with Crippen LogP contribution in [0.1, 0.15) is 42.5 Å². The van der Waals surface area contributed by atoms with E-state index in [0.29, 0.717) is 6.04 Å². The topological polar surface area (TPSA) is 29.1 Å². The van der Waals surface area contributed by atoms with Crippen molar-refractivity contribution in [3.63, 3.8) is 0 Å². The molecule has 2 aromatic rings. The minimum absolute atomic E-state index is 0.0544. The second-order valence-electron chi connectivity index (χ2n) is 5.48. The number of carbonyl (C=O) groups is 1.